The van der Waals surface area contributed by atoms with Crippen LogP contribution in [0.2, 0.25) is 0 Å². The number of pyridine rings is 1. The number of anilines is 1. The lowest BCUT2D eigenvalue weighted by molar-refractivity contribution is -0.128. The molecule has 0 aliphatic carbocycles. The highest BCUT2D eigenvalue weighted by Gasteiger charge is 1.98. The highest BCUT2D eigenvalue weighted by molar-refractivity contribution is 5.44. The van der Waals surface area contributed by atoms with Gasteiger partial charge >= 0.3 is 0 Å². The first-order valence-corrected chi connectivity index (χ1v) is 4.00. The number of carbonyl (C=O) groups is 1. The van der Waals surface area contributed by atoms with E-state index < -0.39 is 0 Å². The largest absolute Gasteiger partial charge is 0.467 e. The number of aryl methyl sites for hydroxylation is 1. The van der Waals surface area contributed by atoms with E-state index in [0.29, 0.717) is 25.2 Å². The van der Waals surface area contributed by atoms with Crippen molar-refractivity contribution in [3.63, 3.8) is 0 Å². The molecule has 0 aliphatic rings. The number of hydrogen-bond donors (Lipinski definition) is 1. The lowest BCUT2D eigenvalue weighted by Gasteiger charge is -2.02. The zero-order valence-corrected chi connectivity index (χ0v) is 7.49. The van der Waals surface area contributed by atoms with Crippen LogP contribution in [0.25, 0.3) is 0 Å². The Kier molecular flexibility index (Phi) is 3.25. The molecule has 1 rings (SSSR count). The fourth-order valence-corrected chi connectivity index (χ4v) is 0.973. The van der Waals surface area contributed by atoms with Gasteiger partial charge < -0.3 is 10.5 Å². The number of hydrogen-bond acceptors (Lipinski definition) is 4. The van der Waals surface area contributed by atoms with E-state index in [-0.39, 0.29) is 0 Å². The van der Waals surface area contributed by atoms with E-state index in [1.807, 2.05) is 13.0 Å². The summed E-state index contributed by atoms with van der Waals surface area (Å²) in [5, 5.41) is 0. The molecule has 1 aromatic rings. The Morgan fingerprint density at radius 3 is 3.08 bits per heavy atom. The maximum absolute atomic E-state index is 9.85. The van der Waals surface area contributed by atoms with Crippen molar-refractivity contribution in [2.24, 2.45) is 0 Å². The van der Waals surface area contributed by atoms with Gasteiger partial charge in [0, 0.05) is 12.1 Å². The fourth-order valence-electron chi connectivity index (χ4n) is 0.973. The summed E-state index contributed by atoms with van der Waals surface area (Å²) in [7, 11) is 0. The number of carbonyl (C=O) groups excluding carboxylic acids is 1. The van der Waals surface area contributed by atoms with E-state index in [2.05, 4.69) is 9.72 Å². The van der Waals surface area contributed by atoms with E-state index in [9.17, 15) is 4.79 Å². The van der Waals surface area contributed by atoms with Crippen molar-refractivity contribution in [2.45, 2.75) is 13.3 Å². The first-order valence-electron chi connectivity index (χ1n) is 4.00. The molecule has 0 aromatic carbocycles. The summed E-state index contributed by atoms with van der Waals surface area (Å²) in [6.07, 6.45) is 2.24. The van der Waals surface area contributed by atoms with Crippen molar-refractivity contribution in [1.82, 2.24) is 4.98 Å². The first-order chi connectivity index (χ1) is 6.24. The van der Waals surface area contributed by atoms with Gasteiger partial charge in [0.25, 0.3) is 6.47 Å². The minimum absolute atomic E-state index is 0.361. The van der Waals surface area contributed by atoms with E-state index >= 15 is 0 Å². The van der Waals surface area contributed by atoms with Crippen LogP contribution in [0.4, 0.5) is 5.69 Å². The quantitative estimate of drug-likeness (QED) is 0.546. The Morgan fingerprint density at radius 2 is 2.46 bits per heavy atom. The van der Waals surface area contributed by atoms with E-state index in [1.165, 1.54) is 0 Å². The van der Waals surface area contributed by atoms with Crippen LogP contribution in [0.1, 0.15) is 11.3 Å². The molecule has 0 spiro atoms. The summed E-state index contributed by atoms with van der Waals surface area (Å²) in [6.45, 7) is 2.71. The molecule has 0 amide bonds. The standard InChI is InChI=1S/C9H12N2O2/c1-7-4-8(2-3-13-6-12)11-5-9(7)10/h4-6H,2-3,10H2,1H3. The van der Waals surface area contributed by atoms with Gasteiger partial charge in [-0.25, -0.2) is 0 Å². The van der Waals surface area contributed by atoms with Crippen molar-refractivity contribution in [3.8, 4) is 0 Å². The fraction of sp³-hybridized carbons (Fsp3) is 0.333. The van der Waals surface area contributed by atoms with E-state index in [0.717, 1.165) is 11.3 Å². The van der Waals surface area contributed by atoms with Crippen LogP contribution in [0.15, 0.2) is 12.3 Å². The molecule has 0 bridgehead atoms. The van der Waals surface area contributed by atoms with Crippen LogP contribution in [0.3, 0.4) is 0 Å². The Morgan fingerprint density at radius 1 is 1.69 bits per heavy atom. The topological polar surface area (TPSA) is 65.2 Å². The molecule has 0 aliphatic heterocycles. The molecular formula is C9H12N2O2. The first kappa shape index (κ1) is 9.51. The van der Waals surface area contributed by atoms with Crippen molar-refractivity contribution in [2.75, 3.05) is 12.3 Å². The number of nitrogens with zero attached hydrogens (tertiary/aromatic N) is 1. The number of aromatic nitrogens is 1. The minimum atomic E-state index is 0.361. The van der Waals surface area contributed by atoms with Crippen LogP contribution in [0.5, 0.6) is 0 Å². The molecule has 0 saturated heterocycles. The molecule has 13 heavy (non-hydrogen) atoms. The summed E-state index contributed by atoms with van der Waals surface area (Å²) < 4.78 is 4.56. The van der Waals surface area contributed by atoms with Crippen LogP contribution in [-0.4, -0.2) is 18.1 Å². The van der Waals surface area contributed by atoms with Gasteiger partial charge in [0.15, 0.2) is 0 Å². The number of nitrogens with two attached hydrogens (primary N) is 1. The van der Waals surface area contributed by atoms with E-state index in [4.69, 9.17) is 5.73 Å². The zero-order chi connectivity index (χ0) is 9.68. The molecule has 0 fully saturated rings. The minimum Gasteiger partial charge on any atom is -0.467 e. The Balaban J connectivity index is 2.57. The zero-order valence-electron chi connectivity index (χ0n) is 7.49. The van der Waals surface area contributed by atoms with Gasteiger partial charge in [-0.2, -0.15) is 0 Å². The predicted octanol–water partition coefficient (Wildman–Crippen LogP) is 0.688. The third-order valence-corrected chi connectivity index (χ3v) is 1.75. The van der Waals surface area contributed by atoms with Gasteiger partial charge in [0.1, 0.15) is 0 Å². The molecule has 1 heterocycles. The average molecular weight is 180 g/mol. The lowest BCUT2D eigenvalue weighted by atomic mass is 10.2. The molecule has 4 nitrogen and oxygen atoms in total. The van der Waals surface area contributed by atoms with Crippen LogP contribution >= 0.6 is 0 Å². The Hall–Kier alpha value is -1.58. The Bertz CT molecular complexity index is 300. The smallest absolute Gasteiger partial charge is 0.293 e. The van der Waals surface area contributed by atoms with Gasteiger partial charge in [-0.15, -0.1) is 0 Å². The van der Waals surface area contributed by atoms with Crippen molar-refractivity contribution in [3.05, 3.63) is 23.5 Å². The second-order valence-electron chi connectivity index (χ2n) is 2.75. The van der Waals surface area contributed by atoms with Gasteiger partial charge in [-0.3, -0.25) is 9.78 Å². The van der Waals surface area contributed by atoms with E-state index in [1.54, 1.807) is 6.20 Å². The lowest BCUT2D eigenvalue weighted by Crippen LogP contribution is -2.00. The molecule has 4 heteroatoms. The van der Waals surface area contributed by atoms with Gasteiger partial charge in [-0.1, -0.05) is 0 Å². The second-order valence-corrected chi connectivity index (χ2v) is 2.75. The molecule has 0 atom stereocenters. The summed E-state index contributed by atoms with van der Waals surface area (Å²) in [6, 6.07) is 1.89. The van der Waals surface area contributed by atoms with Crippen LogP contribution in [-0.2, 0) is 16.0 Å². The third kappa shape index (κ3) is 2.74. The molecule has 0 unspecified atom stereocenters. The molecular weight excluding hydrogens is 168 g/mol. The van der Waals surface area contributed by atoms with Crippen molar-refractivity contribution < 1.29 is 9.53 Å². The summed E-state index contributed by atoms with van der Waals surface area (Å²) in [5.74, 6) is 0. The van der Waals surface area contributed by atoms with Crippen LogP contribution in [0, 0.1) is 6.92 Å². The monoisotopic (exact) mass is 180 g/mol. The van der Waals surface area contributed by atoms with Gasteiger partial charge in [0.05, 0.1) is 18.5 Å². The number of ether oxygens (including phenoxy) is 1. The van der Waals surface area contributed by atoms with Crippen molar-refractivity contribution >= 4 is 12.2 Å². The maximum atomic E-state index is 9.85. The van der Waals surface area contributed by atoms with Gasteiger partial charge in [-0.05, 0) is 18.6 Å². The number of rotatable bonds is 4. The molecule has 0 saturated carbocycles. The normalized spacial score (nSPS) is 9.62. The van der Waals surface area contributed by atoms with Crippen LogP contribution < -0.4 is 5.73 Å². The summed E-state index contributed by atoms with van der Waals surface area (Å²) in [4.78, 5) is 13.9. The second kappa shape index (κ2) is 4.45. The average Bonchev–Trinajstić information content (AvgIpc) is 2.12. The maximum Gasteiger partial charge on any atom is 0.293 e. The number of nitrogen functional groups attached to an aromatic ring is 1. The molecule has 1 aromatic heterocycles. The molecule has 70 valence electrons. The predicted molar refractivity (Wildman–Crippen MR) is 49.1 cm³/mol. The third-order valence-electron chi connectivity index (χ3n) is 1.75. The highest BCUT2D eigenvalue weighted by atomic mass is 16.5. The summed E-state index contributed by atoms with van der Waals surface area (Å²) >= 11 is 0. The Labute approximate surface area is 76.7 Å². The molecule has 2 N–H and O–H groups in total. The SMILES string of the molecule is Cc1cc(CCOC=O)ncc1N. The summed E-state index contributed by atoms with van der Waals surface area (Å²) in [5.41, 5.74) is 8.15. The highest BCUT2D eigenvalue weighted by Crippen LogP contribution is 2.09. The molecule has 0 radical (unpaired) electrons. The van der Waals surface area contributed by atoms with Gasteiger partial charge in [0.2, 0.25) is 0 Å². The van der Waals surface area contributed by atoms with Crippen molar-refractivity contribution in [1.29, 1.82) is 0 Å².